The van der Waals surface area contributed by atoms with E-state index in [1.807, 2.05) is 20.0 Å². The zero-order chi connectivity index (χ0) is 13.8. The Morgan fingerprint density at radius 1 is 1.37 bits per heavy atom. The second-order valence-corrected chi connectivity index (χ2v) is 5.83. The highest BCUT2D eigenvalue weighted by Crippen LogP contribution is 2.18. The van der Waals surface area contributed by atoms with Crippen LogP contribution in [0.2, 0.25) is 0 Å². The van der Waals surface area contributed by atoms with E-state index in [0.717, 1.165) is 9.88 Å². The molecule has 5 heteroatoms. The molecule has 2 N–H and O–H groups in total. The van der Waals surface area contributed by atoms with Gasteiger partial charge < -0.3 is 10.4 Å². The van der Waals surface area contributed by atoms with Crippen LogP contribution in [0.4, 0.5) is 4.39 Å². The van der Waals surface area contributed by atoms with Gasteiger partial charge in [0.25, 0.3) is 0 Å². The van der Waals surface area contributed by atoms with Crippen LogP contribution in [0, 0.1) is 12.7 Å². The Kier molecular flexibility index (Phi) is 4.63. The molecular formula is C14H17FN2OS. The maximum atomic E-state index is 12.8. The molecule has 0 saturated heterocycles. The van der Waals surface area contributed by atoms with Crippen LogP contribution in [-0.2, 0) is 6.54 Å². The fraction of sp³-hybridized carbons (Fsp3) is 0.357. The summed E-state index contributed by atoms with van der Waals surface area (Å²) in [6.45, 7) is 4.54. The first kappa shape index (κ1) is 14.1. The van der Waals surface area contributed by atoms with Crippen LogP contribution in [0.1, 0.15) is 28.5 Å². The minimum Gasteiger partial charge on any atom is -0.387 e. The molecule has 0 amide bonds. The van der Waals surface area contributed by atoms with E-state index in [0.29, 0.717) is 12.1 Å². The summed E-state index contributed by atoms with van der Waals surface area (Å²) < 4.78 is 12.8. The number of nitrogens with one attached hydrogen (secondary N) is 1. The van der Waals surface area contributed by atoms with Crippen molar-refractivity contribution in [3.63, 3.8) is 0 Å². The van der Waals surface area contributed by atoms with E-state index >= 15 is 0 Å². The topological polar surface area (TPSA) is 45.2 Å². The van der Waals surface area contributed by atoms with Crippen molar-refractivity contribution in [2.75, 3.05) is 0 Å². The SMILES string of the molecule is Cc1ncc(CNC(C)C(O)c2ccc(F)cc2)s1. The number of hydrogen-bond donors (Lipinski definition) is 2. The van der Waals surface area contributed by atoms with Gasteiger partial charge in [-0.25, -0.2) is 9.37 Å². The number of benzene rings is 1. The smallest absolute Gasteiger partial charge is 0.123 e. The minimum atomic E-state index is -0.658. The van der Waals surface area contributed by atoms with Crippen LogP contribution in [0.5, 0.6) is 0 Å². The van der Waals surface area contributed by atoms with E-state index < -0.39 is 6.10 Å². The van der Waals surface area contributed by atoms with Gasteiger partial charge in [-0.3, -0.25) is 0 Å². The first-order valence-corrected chi connectivity index (χ1v) is 6.96. The van der Waals surface area contributed by atoms with E-state index in [-0.39, 0.29) is 11.9 Å². The molecule has 1 heterocycles. The lowest BCUT2D eigenvalue weighted by Gasteiger charge is -2.20. The second kappa shape index (κ2) is 6.23. The normalized spacial score (nSPS) is 14.3. The standard InChI is InChI=1S/C14H17FN2OS/c1-9(16-7-13-8-17-10(2)19-13)14(18)11-3-5-12(15)6-4-11/h3-6,8-9,14,16,18H,7H2,1-2H3. The minimum absolute atomic E-state index is 0.118. The number of rotatable bonds is 5. The van der Waals surface area contributed by atoms with Gasteiger partial charge in [0.1, 0.15) is 5.82 Å². The second-order valence-electron chi connectivity index (χ2n) is 4.51. The number of halogens is 1. The van der Waals surface area contributed by atoms with Gasteiger partial charge >= 0.3 is 0 Å². The molecule has 3 nitrogen and oxygen atoms in total. The number of aromatic nitrogens is 1. The fourth-order valence-corrected chi connectivity index (χ4v) is 2.55. The van der Waals surface area contributed by atoms with E-state index in [9.17, 15) is 9.50 Å². The summed E-state index contributed by atoms with van der Waals surface area (Å²) in [5.41, 5.74) is 0.710. The van der Waals surface area contributed by atoms with Crippen LogP contribution in [0.15, 0.2) is 30.5 Å². The van der Waals surface area contributed by atoms with Gasteiger partial charge in [-0.2, -0.15) is 0 Å². The lowest BCUT2D eigenvalue weighted by atomic mass is 10.0. The Bertz CT molecular complexity index is 526. The van der Waals surface area contributed by atoms with Crippen molar-refractivity contribution in [2.45, 2.75) is 32.5 Å². The third-order valence-electron chi connectivity index (χ3n) is 2.95. The van der Waals surface area contributed by atoms with Crippen LogP contribution in [-0.4, -0.2) is 16.1 Å². The number of nitrogens with zero attached hydrogens (tertiary/aromatic N) is 1. The average molecular weight is 280 g/mol. The molecule has 0 aliphatic heterocycles. The molecule has 0 saturated carbocycles. The summed E-state index contributed by atoms with van der Waals surface area (Å²) in [7, 11) is 0. The van der Waals surface area contributed by atoms with Crippen molar-refractivity contribution in [1.29, 1.82) is 0 Å². The molecule has 0 aliphatic carbocycles. The van der Waals surface area contributed by atoms with Crippen LogP contribution in [0.25, 0.3) is 0 Å². The highest BCUT2D eigenvalue weighted by molar-refractivity contribution is 7.11. The highest BCUT2D eigenvalue weighted by atomic mass is 32.1. The molecule has 0 fully saturated rings. The maximum Gasteiger partial charge on any atom is 0.123 e. The molecule has 2 atom stereocenters. The molecular weight excluding hydrogens is 263 g/mol. The van der Waals surface area contributed by atoms with Gasteiger partial charge in [0.05, 0.1) is 11.1 Å². The highest BCUT2D eigenvalue weighted by Gasteiger charge is 2.16. The first-order chi connectivity index (χ1) is 9.06. The molecule has 19 heavy (non-hydrogen) atoms. The lowest BCUT2D eigenvalue weighted by Crippen LogP contribution is -2.31. The summed E-state index contributed by atoms with van der Waals surface area (Å²) in [6, 6.07) is 5.81. The summed E-state index contributed by atoms with van der Waals surface area (Å²) in [5, 5.41) is 14.4. The number of hydrogen-bond acceptors (Lipinski definition) is 4. The number of aliphatic hydroxyl groups is 1. The average Bonchev–Trinajstić information content (AvgIpc) is 2.82. The van der Waals surface area contributed by atoms with Gasteiger partial charge in [-0.15, -0.1) is 11.3 Å². The van der Waals surface area contributed by atoms with Crippen LogP contribution >= 0.6 is 11.3 Å². The quantitative estimate of drug-likeness (QED) is 0.885. The molecule has 0 radical (unpaired) electrons. The van der Waals surface area contributed by atoms with E-state index in [2.05, 4.69) is 10.3 Å². The third-order valence-corrected chi connectivity index (χ3v) is 3.87. The Morgan fingerprint density at radius 3 is 2.63 bits per heavy atom. The van der Waals surface area contributed by atoms with Gasteiger partial charge in [0, 0.05) is 23.7 Å². The zero-order valence-corrected chi connectivity index (χ0v) is 11.7. The maximum absolute atomic E-state index is 12.8. The number of aryl methyl sites for hydroxylation is 1. The van der Waals surface area contributed by atoms with Crippen LogP contribution < -0.4 is 5.32 Å². The van der Waals surface area contributed by atoms with Crippen molar-refractivity contribution in [3.8, 4) is 0 Å². The summed E-state index contributed by atoms with van der Waals surface area (Å²) in [5.74, 6) is -0.295. The van der Waals surface area contributed by atoms with Gasteiger partial charge in [0.15, 0.2) is 0 Å². The molecule has 0 spiro atoms. The fourth-order valence-electron chi connectivity index (χ4n) is 1.81. The molecule has 1 aromatic carbocycles. The Balaban J connectivity index is 1.92. The van der Waals surface area contributed by atoms with E-state index in [1.165, 1.54) is 12.1 Å². The van der Waals surface area contributed by atoms with Gasteiger partial charge in [-0.05, 0) is 31.5 Å². The third kappa shape index (κ3) is 3.83. The molecule has 2 aromatic rings. The predicted molar refractivity (Wildman–Crippen MR) is 74.5 cm³/mol. The Hall–Kier alpha value is -1.30. The summed E-state index contributed by atoms with van der Waals surface area (Å²) in [4.78, 5) is 5.32. The first-order valence-electron chi connectivity index (χ1n) is 6.14. The molecule has 2 rings (SSSR count). The molecule has 102 valence electrons. The van der Waals surface area contributed by atoms with E-state index in [4.69, 9.17) is 0 Å². The lowest BCUT2D eigenvalue weighted by molar-refractivity contribution is 0.135. The summed E-state index contributed by atoms with van der Waals surface area (Å²) >= 11 is 1.63. The predicted octanol–water partition coefficient (Wildman–Crippen LogP) is 2.80. The van der Waals surface area contributed by atoms with Crippen molar-refractivity contribution >= 4 is 11.3 Å². The molecule has 0 bridgehead atoms. The largest absolute Gasteiger partial charge is 0.387 e. The molecule has 1 aromatic heterocycles. The number of aliphatic hydroxyl groups excluding tert-OH is 1. The van der Waals surface area contributed by atoms with Gasteiger partial charge in [-0.1, -0.05) is 12.1 Å². The Labute approximate surface area is 116 Å². The van der Waals surface area contributed by atoms with E-state index in [1.54, 1.807) is 23.5 Å². The van der Waals surface area contributed by atoms with Gasteiger partial charge in [0.2, 0.25) is 0 Å². The number of thiazole rings is 1. The van der Waals surface area contributed by atoms with Crippen molar-refractivity contribution < 1.29 is 9.50 Å². The molecule has 0 aliphatic rings. The zero-order valence-electron chi connectivity index (χ0n) is 10.9. The van der Waals surface area contributed by atoms with Crippen LogP contribution in [0.3, 0.4) is 0 Å². The monoisotopic (exact) mass is 280 g/mol. The van der Waals surface area contributed by atoms with Crippen molar-refractivity contribution in [1.82, 2.24) is 10.3 Å². The molecule has 2 unspecified atom stereocenters. The Morgan fingerprint density at radius 2 is 2.05 bits per heavy atom. The van der Waals surface area contributed by atoms with Crippen molar-refractivity contribution in [2.24, 2.45) is 0 Å². The van der Waals surface area contributed by atoms with Crippen molar-refractivity contribution in [3.05, 3.63) is 51.7 Å². The summed E-state index contributed by atoms with van der Waals surface area (Å²) in [6.07, 6.45) is 1.18.